The first-order valence-corrected chi connectivity index (χ1v) is 9.59. The van der Waals surface area contributed by atoms with Crippen LogP contribution in [0.3, 0.4) is 0 Å². The van der Waals surface area contributed by atoms with Gasteiger partial charge >= 0.3 is 6.18 Å². The van der Waals surface area contributed by atoms with Crippen molar-refractivity contribution < 1.29 is 22.8 Å². The third-order valence-electron chi connectivity index (χ3n) is 5.35. The smallest absolute Gasteiger partial charge is 0.366 e. The molecule has 2 aliphatic heterocycles. The van der Waals surface area contributed by atoms with Gasteiger partial charge in [-0.25, -0.2) is 4.98 Å². The van der Waals surface area contributed by atoms with Gasteiger partial charge in [-0.05, 0) is 37.6 Å². The zero-order valence-electron chi connectivity index (χ0n) is 16.2. The third-order valence-corrected chi connectivity index (χ3v) is 5.35. The molecule has 2 aromatic heterocycles. The molecule has 30 heavy (non-hydrogen) atoms. The molecule has 2 bridgehead atoms. The van der Waals surface area contributed by atoms with Gasteiger partial charge in [0.2, 0.25) is 5.91 Å². The van der Waals surface area contributed by atoms with Crippen molar-refractivity contribution in [1.29, 1.82) is 0 Å². The van der Waals surface area contributed by atoms with E-state index >= 15 is 0 Å². The maximum atomic E-state index is 13.1. The van der Waals surface area contributed by atoms with Crippen LogP contribution in [0.25, 0.3) is 0 Å². The number of rotatable bonds is 4. The van der Waals surface area contributed by atoms with Crippen molar-refractivity contribution in [1.82, 2.24) is 15.3 Å². The maximum absolute atomic E-state index is 13.1. The van der Waals surface area contributed by atoms with Crippen molar-refractivity contribution in [2.24, 2.45) is 0 Å². The molecule has 2 aromatic rings. The van der Waals surface area contributed by atoms with Crippen LogP contribution in [-0.4, -0.2) is 53.1 Å². The zero-order valence-corrected chi connectivity index (χ0v) is 16.2. The van der Waals surface area contributed by atoms with Crippen molar-refractivity contribution in [2.45, 2.75) is 38.0 Å². The van der Waals surface area contributed by atoms with Gasteiger partial charge in [-0.15, -0.1) is 0 Å². The number of pyridine rings is 2. The number of fused-ring (bicyclic) bond motifs is 4. The molecule has 1 fully saturated rings. The highest BCUT2D eigenvalue weighted by Crippen LogP contribution is 2.39. The van der Waals surface area contributed by atoms with Crippen LogP contribution >= 0.6 is 0 Å². The molecule has 7 nitrogen and oxygen atoms in total. The minimum Gasteiger partial charge on any atom is -0.366 e. The molecule has 0 saturated carbocycles. The van der Waals surface area contributed by atoms with Crippen LogP contribution in [-0.2, 0) is 11.2 Å². The van der Waals surface area contributed by atoms with Crippen LogP contribution in [0.4, 0.5) is 24.7 Å². The number of hydrogen-bond acceptors (Lipinski definition) is 5. The number of aromatic nitrogens is 2. The average molecular weight is 419 g/mol. The SMILES string of the molecule is CC(NC(=O)c1ccc2c(n1)N(C(=O)Cc1ccccn1)[C@H]1CCN2C1)C(F)(F)F. The Morgan fingerprint density at radius 2 is 2.07 bits per heavy atom. The highest BCUT2D eigenvalue weighted by molar-refractivity contribution is 6.00. The number of amides is 2. The molecule has 10 heteroatoms. The van der Waals surface area contributed by atoms with Crippen LogP contribution in [0.15, 0.2) is 36.5 Å². The Morgan fingerprint density at radius 1 is 1.27 bits per heavy atom. The Kier molecular flexibility index (Phi) is 5.08. The lowest BCUT2D eigenvalue weighted by Gasteiger charge is -2.36. The average Bonchev–Trinajstić information content (AvgIpc) is 3.12. The van der Waals surface area contributed by atoms with E-state index in [0.29, 0.717) is 23.7 Å². The van der Waals surface area contributed by atoms with E-state index in [1.807, 2.05) is 5.32 Å². The van der Waals surface area contributed by atoms with Gasteiger partial charge in [0.25, 0.3) is 5.91 Å². The summed E-state index contributed by atoms with van der Waals surface area (Å²) in [6.45, 7) is 2.26. The van der Waals surface area contributed by atoms with Crippen molar-refractivity contribution >= 4 is 23.3 Å². The van der Waals surface area contributed by atoms with E-state index in [1.54, 1.807) is 35.4 Å². The van der Waals surface area contributed by atoms with Gasteiger partial charge in [-0.1, -0.05) is 6.07 Å². The van der Waals surface area contributed by atoms with Gasteiger partial charge in [0, 0.05) is 25.0 Å². The number of alkyl halides is 3. The van der Waals surface area contributed by atoms with Crippen molar-refractivity contribution in [3.63, 3.8) is 0 Å². The van der Waals surface area contributed by atoms with Gasteiger partial charge in [-0.2, -0.15) is 13.2 Å². The van der Waals surface area contributed by atoms with Crippen LogP contribution in [0.2, 0.25) is 0 Å². The van der Waals surface area contributed by atoms with Crippen molar-refractivity contribution in [3.05, 3.63) is 47.9 Å². The summed E-state index contributed by atoms with van der Waals surface area (Å²) in [6, 6.07) is 6.21. The maximum Gasteiger partial charge on any atom is 0.408 e. The molecule has 4 heterocycles. The molecular weight excluding hydrogens is 399 g/mol. The second kappa shape index (κ2) is 7.58. The van der Waals surface area contributed by atoms with E-state index in [9.17, 15) is 22.8 Å². The Labute approximate surface area is 170 Å². The second-order valence-corrected chi connectivity index (χ2v) is 7.43. The molecule has 4 rings (SSSR count). The summed E-state index contributed by atoms with van der Waals surface area (Å²) in [6.07, 6.45) is -2.14. The number of nitrogens with zero attached hydrogens (tertiary/aromatic N) is 4. The summed E-state index contributed by atoms with van der Waals surface area (Å²) in [7, 11) is 0. The molecule has 0 spiro atoms. The van der Waals surface area contributed by atoms with Crippen LogP contribution in [0.1, 0.15) is 29.5 Å². The molecule has 0 aromatic carbocycles. The molecule has 1 unspecified atom stereocenters. The molecule has 1 N–H and O–H groups in total. The highest BCUT2D eigenvalue weighted by Gasteiger charge is 2.41. The monoisotopic (exact) mass is 419 g/mol. The summed E-state index contributed by atoms with van der Waals surface area (Å²) < 4.78 is 38.4. The first-order chi connectivity index (χ1) is 14.2. The number of carbonyl (C=O) groups excluding carboxylic acids is 2. The Hall–Kier alpha value is -3.17. The lowest BCUT2D eigenvalue weighted by Crippen LogP contribution is -2.47. The number of carbonyl (C=O) groups is 2. The number of anilines is 2. The fourth-order valence-electron chi connectivity index (χ4n) is 3.75. The fraction of sp³-hybridized carbons (Fsp3) is 0.400. The lowest BCUT2D eigenvalue weighted by molar-refractivity contribution is -0.149. The second-order valence-electron chi connectivity index (χ2n) is 7.43. The summed E-state index contributed by atoms with van der Waals surface area (Å²) in [5.41, 5.74) is 1.14. The minimum absolute atomic E-state index is 0.0694. The predicted molar refractivity (Wildman–Crippen MR) is 103 cm³/mol. The lowest BCUT2D eigenvalue weighted by atomic mass is 10.1. The largest absolute Gasteiger partial charge is 0.408 e. The molecule has 0 aliphatic carbocycles. The first-order valence-electron chi connectivity index (χ1n) is 9.59. The predicted octanol–water partition coefficient (Wildman–Crippen LogP) is 2.33. The Balaban J connectivity index is 1.63. The number of nitrogens with one attached hydrogen (secondary N) is 1. The number of hydrogen-bond donors (Lipinski definition) is 1. The van der Waals surface area contributed by atoms with Gasteiger partial charge in [0.1, 0.15) is 11.7 Å². The topological polar surface area (TPSA) is 78.4 Å². The van der Waals surface area contributed by atoms with E-state index in [4.69, 9.17) is 0 Å². The van der Waals surface area contributed by atoms with Crippen LogP contribution < -0.4 is 15.1 Å². The quantitative estimate of drug-likeness (QED) is 0.823. The van der Waals surface area contributed by atoms with Gasteiger partial charge in [0.15, 0.2) is 5.82 Å². The Bertz CT molecular complexity index is 967. The normalized spacial score (nSPS) is 18.7. The van der Waals surface area contributed by atoms with Gasteiger partial charge in [0.05, 0.1) is 18.2 Å². The molecule has 158 valence electrons. The molecule has 2 aliphatic rings. The van der Waals surface area contributed by atoms with Crippen molar-refractivity contribution in [3.8, 4) is 0 Å². The van der Waals surface area contributed by atoms with E-state index in [1.165, 1.54) is 6.07 Å². The van der Waals surface area contributed by atoms with E-state index in [0.717, 1.165) is 19.9 Å². The first kappa shape index (κ1) is 20.1. The van der Waals surface area contributed by atoms with Crippen LogP contribution in [0.5, 0.6) is 0 Å². The van der Waals surface area contributed by atoms with Crippen LogP contribution in [0, 0.1) is 0 Å². The van der Waals surface area contributed by atoms with Gasteiger partial charge in [-0.3, -0.25) is 19.5 Å². The van der Waals surface area contributed by atoms with Crippen molar-refractivity contribution in [2.75, 3.05) is 22.9 Å². The molecular formula is C20H20F3N5O2. The third kappa shape index (κ3) is 3.81. The number of halogens is 3. The van der Waals surface area contributed by atoms with E-state index in [2.05, 4.69) is 14.9 Å². The van der Waals surface area contributed by atoms with Gasteiger partial charge < -0.3 is 10.2 Å². The Morgan fingerprint density at radius 3 is 2.77 bits per heavy atom. The molecule has 2 amide bonds. The summed E-state index contributed by atoms with van der Waals surface area (Å²) >= 11 is 0. The molecule has 1 saturated heterocycles. The summed E-state index contributed by atoms with van der Waals surface area (Å²) in [5, 5.41) is 1.91. The van der Waals surface area contributed by atoms with E-state index < -0.39 is 18.1 Å². The van der Waals surface area contributed by atoms with E-state index in [-0.39, 0.29) is 24.1 Å². The highest BCUT2D eigenvalue weighted by atomic mass is 19.4. The standard InChI is InChI=1S/C20H20F3N5O2/c1-12(20(21,22)23)25-19(30)15-5-6-16-18(26-15)28(14-7-9-27(16)11-14)17(29)10-13-4-2-3-8-24-13/h2-6,8,12,14H,7,9-11H2,1H3,(H,25,30)/t12?,14-/m0/s1. The molecule has 0 radical (unpaired) electrons. The summed E-state index contributed by atoms with van der Waals surface area (Å²) in [5.74, 6) is -0.847. The fourth-order valence-corrected chi connectivity index (χ4v) is 3.75. The summed E-state index contributed by atoms with van der Waals surface area (Å²) in [4.78, 5) is 37.5. The molecule has 2 atom stereocenters. The minimum atomic E-state index is -4.56. The zero-order chi connectivity index (χ0) is 21.5.